The zero-order chi connectivity index (χ0) is 16.2. The minimum Gasteiger partial charge on any atom is -0.478 e. The van der Waals surface area contributed by atoms with Crippen LogP contribution in [0.1, 0.15) is 10.4 Å². The van der Waals surface area contributed by atoms with Crippen molar-refractivity contribution in [2.24, 2.45) is 0 Å². The molecule has 0 bridgehead atoms. The fraction of sp³-hybridized carbons (Fsp3) is 0. The van der Waals surface area contributed by atoms with E-state index in [2.05, 4.69) is 15.3 Å². The molecule has 23 heavy (non-hydrogen) atoms. The average molecular weight is 326 g/mol. The molecule has 0 amide bonds. The fourth-order valence-electron chi connectivity index (χ4n) is 2.06. The van der Waals surface area contributed by atoms with Gasteiger partial charge in [-0.3, -0.25) is 0 Å². The lowest BCUT2D eigenvalue weighted by molar-refractivity contribution is 0.0697. The second kappa shape index (κ2) is 6.46. The van der Waals surface area contributed by atoms with E-state index in [0.717, 1.165) is 11.3 Å². The molecular weight excluding hydrogens is 314 g/mol. The first kappa shape index (κ1) is 15.0. The number of carbonyl (C=O) groups is 1. The smallest absolute Gasteiger partial charge is 0.335 e. The van der Waals surface area contributed by atoms with Gasteiger partial charge in [-0.25, -0.2) is 14.8 Å². The minimum atomic E-state index is -1.03. The summed E-state index contributed by atoms with van der Waals surface area (Å²) in [6, 6.07) is 16.0. The van der Waals surface area contributed by atoms with Gasteiger partial charge in [0.25, 0.3) is 0 Å². The van der Waals surface area contributed by atoms with Gasteiger partial charge in [0.15, 0.2) is 0 Å². The number of carboxylic acids is 1. The monoisotopic (exact) mass is 325 g/mol. The Kier molecular flexibility index (Phi) is 4.21. The number of benzene rings is 2. The highest BCUT2D eigenvalue weighted by molar-refractivity contribution is 6.33. The summed E-state index contributed by atoms with van der Waals surface area (Å²) in [5.41, 5.74) is 2.42. The van der Waals surface area contributed by atoms with Crippen molar-refractivity contribution < 1.29 is 9.90 Å². The van der Waals surface area contributed by atoms with Crippen LogP contribution in [0.4, 0.5) is 11.6 Å². The van der Waals surface area contributed by atoms with Gasteiger partial charge >= 0.3 is 5.97 Å². The number of anilines is 2. The first-order chi connectivity index (χ1) is 11.1. The first-order valence-electron chi connectivity index (χ1n) is 6.82. The van der Waals surface area contributed by atoms with Gasteiger partial charge in [-0.2, -0.15) is 0 Å². The van der Waals surface area contributed by atoms with E-state index < -0.39 is 5.97 Å². The van der Waals surface area contributed by atoms with E-state index in [0.29, 0.717) is 16.7 Å². The zero-order valence-corrected chi connectivity index (χ0v) is 12.7. The Bertz CT molecular complexity index is 853. The third-order valence-electron chi connectivity index (χ3n) is 3.19. The SMILES string of the molecule is O=C(O)c1ccc(Nc2nccc(-c3ccccc3)n2)c(Cl)c1. The molecule has 114 valence electrons. The molecule has 0 aliphatic rings. The van der Waals surface area contributed by atoms with Crippen molar-refractivity contribution in [1.82, 2.24) is 9.97 Å². The molecule has 0 radical (unpaired) electrons. The van der Waals surface area contributed by atoms with Crippen molar-refractivity contribution >= 4 is 29.2 Å². The number of aromatic carboxylic acids is 1. The van der Waals surface area contributed by atoms with Crippen LogP contribution < -0.4 is 5.32 Å². The Morgan fingerprint density at radius 2 is 1.87 bits per heavy atom. The van der Waals surface area contributed by atoms with Crippen molar-refractivity contribution in [2.45, 2.75) is 0 Å². The highest BCUT2D eigenvalue weighted by atomic mass is 35.5. The minimum absolute atomic E-state index is 0.125. The summed E-state index contributed by atoms with van der Waals surface area (Å²) in [6.07, 6.45) is 1.65. The van der Waals surface area contributed by atoms with E-state index in [-0.39, 0.29) is 5.56 Å². The molecule has 0 atom stereocenters. The summed E-state index contributed by atoms with van der Waals surface area (Å²) >= 11 is 6.10. The van der Waals surface area contributed by atoms with Gasteiger partial charge in [-0.15, -0.1) is 0 Å². The largest absolute Gasteiger partial charge is 0.478 e. The molecule has 0 saturated heterocycles. The maximum Gasteiger partial charge on any atom is 0.335 e. The Balaban J connectivity index is 1.88. The van der Waals surface area contributed by atoms with E-state index in [1.54, 1.807) is 12.3 Å². The highest BCUT2D eigenvalue weighted by Crippen LogP contribution is 2.26. The molecule has 3 rings (SSSR count). The molecule has 2 aromatic carbocycles. The van der Waals surface area contributed by atoms with Crippen LogP contribution in [0, 0.1) is 0 Å². The topological polar surface area (TPSA) is 75.1 Å². The van der Waals surface area contributed by atoms with Gasteiger partial charge < -0.3 is 10.4 Å². The predicted octanol–water partition coefficient (Wildman–Crippen LogP) is 4.24. The first-order valence-corrected chi connectivity index (χ1v) is 7.19. The molecule has 0 aliphatic heterocycles. The van der Waals surface area contributed by atoms with Crippen molar-refractivity contribution in [3.8, 4) is 11.3 Å². The average Bonchev–Trinajstić information content (AvgIpc) is 2.57. The Hall–Kier alpha value is -2.92. The van der Waals surface area contributed by atoms with Gasteiger partial charge in [-0.05, 0) is 24.3 Å². The Labute approximate surface area is 137 Å². The summed E-state index contributed by atoms with van der Waals surface area (Å²) in [7, 11) is 0. The van der Waals surface area contributed by atoms with E-state index >= 15 is 0 Å². The lowest BCUT2D eigenvalue weighted by Gasteiger charge is -2.09. The Morgan fingerprint density at radius 1 is 1.09 bits per heavy atom. The van der Waals surface area contributed by atoms with Crippen molar-refractivity contribution in [3.05, 3.63) is 71.4 Å². The predicted molar refractivity (Wildman–Crippen MR) is 89.2 cm³/mol. The lowest BCUT2D eigenvalue weighted by atomic mass is 10.1. The third-order valence-corrected chi connectivity index (χ3v) is 3.50. The molecule has 0 saturated carbocycles. The molecule has 0 fully saturated rings. The molecule has 0 unspecified atom stereocenters. The number of nitrogens with zero attached hydrogens (tertiary/aromatic N) is 2. The van der Waals surface area contributed by atoms with Crippen molar-refractivity contribution in [1.29, 1.82) is 0 Å². The van der Waals surface area contributed by atoms with E-state index in [1.807, 2.05) is 36.4 Å². The fourth-order valence-corrected chi connectivity index (χ4v) is 2.29. The van der Waals surface area contributed by atoms with Gasteiger partial charge in [0, 0.05) is 11.8 Å². The van der Waals surface area contributed by atoms with Gasteiger partial charge in [0.1, 0.15) is 0 Å². The number of halogens is 1. The molecule has 1 aromatic heterocycles. The molecular formula is C17H12ClN3O2. The number of rotatable bonds is 4. The summed E-state index contributed by atoms with van der Waals surface area (Å²) in [5.74, 6) is -0.642. The van der Waals surface area contributed by atoms with Crippen LogP contribution in [0.15, 0.2) is 60.8 Å². The van der Waals surface area contributed by atoms with E-state index in [4.69, 9.17) is 16.7 Å². The highest BCUT2D eigenvalue weighted by Gasteiger charge is 2.09. The molecule has 3 aromatic rings. The number of hydrogen-bond donors (Lipinski definition) is 2. The zero-order valence-electron chi connectivity index (χ0n) is 11.9. The molecule has 2 N–H and O–H groups in total. The number of hydrogen-bond acceptors (Lipinski definition) is 4. The van der Waals surface area contributed by atoms with Crippen LogP contribution in [0.25, 0.3) is 11.3 Å². The van der Waals surface area contributed by atoms with Crippen molar-refractivity contribution in [2.75, 3.05) is 5.32 Å². The third kappa shape index (κ3) is 3.46. The number of carboxylic acid groups (broad SMARTS) is 1. The summed E-state index contributed by atoms with van der Waals surface area (Å²) < 4.78 is 0. The molecule has 1 heterocycles. The standard InChI is InChI=1S/C17H12ClN3O2/c18-13-10-12(16(22)23)6-7-15(13)21-17-19-9-8-14(20-17)11-4-2-1-3-5-11/h1-10H,(H,22,23)(H,19,20,21). The summed E-state index contributed by atoms with van der Waals surface area (Å²) in [6.45, 7) is 0. The normalized spacial score (nSPS) is 10.3. The molecule has 6 heteroatoms. The van der Waals surface area contributed by atoms with E-state index in [9.17, 15) is 4.79 Å². The number of aromatic nitrogens is 2. The van der Waals surface area contributed by atoms with Crippen molar-refractivity contribution in [3.63, 3.8) is 0 Å². The second-order valence-electron chi connectivity index (χ2n) is 4.76. The second-order valence-corrected chi connectivity index (χ2v) is 5.16. The van der Waals surface area contributed by atoms with Gasteiger partial charge in [0.05, 0.1) is 22.0 Å². The van der Waals surface area contributed by atoms with Crippen LogP contribution in [0.3, 0.4) is 0 Å². The van der Waals surface area contributed by atoms with Gasteiger partial charge in [0.2, 0.25) is 5.95 Å². The molecule has 0 spiro atoms. The molecule has 5 nitrogen and oxygen atoms in total. The maximum absolute atomic E-state index is 10.9. The van der Waals surface area contributed by atoms with Crippen LogP contribution >= 0.6 is 11.6 Å². The quantitative estimate of drug-likeness (QED) is 0.750. The Morgan fingerprint density at radius 3 is 2.57 bits per heavy atom. The van der Waals surface area contributed by atoms with E-state index in [1.165, 1.54) is 12.1 Å². The molecule has 0 aliphatic carbocycles. The summed E-state index contributed by atoms with van der Waals surface area (Å²) in [5, 5.41) is 12.2. The lowest BCUT2D eigenvalue weighted by Crippen LogP contribution is -2.00. The number of nitrogens with one attached hydrogen (secondary N) is 1. The van der Waals surface area contributed by atoms with Crippen LogP contribution in [0.5, 0.6) is 0 Å². The van der Waals surface area contributed by atoms with Crippen LogP contribution in [-0.2, 0) is 0 Å². The van der Waals surface area contributed by atoms with Crippen LogP contribution in [0.2, 0.25) is 5.02 Å². The maximum atomic E-state index is 10.9. The van der Waals surface area contributed by atoms with Crippen LogP contribution in [-0.4, -0.2) is 21.0 Å². The summed E-state index contributed by atoms with van der Waals surface area (Å²) in [4.78, 5) is 19.5. The van der Waals surface area contributed by atoms with Gasteiger partial charge in [-0.1, -0.05) is 41.9 Å².